The minimum atomic E-state index is -0.411. The van der Waals surface area contributed by atoms with Crippen LogP contribution in [0.25, 0.3) is 22.2 Å². The molecule has 2 aromatic heterocycles. The average molecular weight is 281 g/mol. The lowest BCUT2D eigenvalue weighted by molar-refractivity contribution is 0.0378. The first-order chi connectivity index (χ1) is 10.2. The number of ether oxygens (including phenoxy) is 1. The molecule has 0 atom stereocenters. The van der Waals surface area contributed by atoms with Gasteiger partial charge in [0.2, 0.25) is 0 Å². The number of esters is 1. The molecule has 0 radical (unpaired) electrons. The molecule has 106 valence electrons. The van der Waals surface area contributed by atoms with Gasteiger partial charge in [0.05, 0.1) is 11.8 Å². The molecular formula is C16H15N3O2. The van der Waals surface area contributed by atoms with Gasteiger partial charge in [-0.2, -0.15) is 0 Å². The Balaban J connectivity index is 2.13. The van der Waals surface area contributed by atoms with Crippen LogP contribution in [0.4, 0.5) is 0 Å². The average Bonchev–Trinajstić information content (AvgIpc) is 2.90. The Morgan fingerprint density at radius 1 is 1.29 bits per heavy atom. The summed E-state index contributed by atoms with van der Waals surface area (Å²) in [6, 6.07) is 7.87. The van der Waals surface area contributed by atoms with Crippen LogP contribution in [0.15, 0.2) is 43.0 Å². The fraction of sp³-hybridized carbons (Fsp3) is 0.188. The predicted molar refractivity (Wildman–Crippen MR) is 79.9 cm³/mol. The SMILES string of the molecule is CC(C)OC(=O)c1cncnc1-c1c[nH]c2ccccc12. The van der Waals surface area contributed by atoms with Crippen LogP contribution in [0.1, 0.15) is 24.2 Å². The van der Waals surface area contributed by atoms with Crippen molar-refractivity contribution in [3.05, 3.63) is 48.5 Å². The van der Waals surface area contributed by atoms with Gasteiger partial charge in [0.15, 0.2) is 0 Å². The molecule has 0 bridgehead atoms. The second kappa shape index (κ2) is 5.36. The van der Waals surface area contributed by atoms with E-state index >= 15 is 0 Å². The third kappa shape index (κ3) is 2.50. The summed E-state index contributed by atoms with van der Waals surface area (Å²) in [6.07, 6.45) is 4.59. The number of H-pyrrole nitrogens is 1. The number of carbonyl (C=O) groups is 1. The molecule has 0 aliphatic heterocycles. The summed E-state index contributed by atoms with van der Waals surface area (Å²) in [5.74, 6) is -0.411. The molecule has 0 amide bonds. The van der Waals surface area contributed by atoms with Crippen LogP contribution in [-0.2, 0) is 4.74 Å². The monoisotopic (exact) mass is 281 g/mol. The van der Waals surface area contributed by atoms with Crippen LogP contribution < -0.4 is 0 Å². The van der Waals surface area contributed by atoms with Gasteiger partial charge in [-0.1, -0.05) is 18.2 Å². The van der Waals surface area contributed by atoms with Crippen molar-refractivity contribution < 1.29 is 9.53 Å². The summed E-state index contributed by atoms with van der Waals surface area (Å²) in [5, 5.41) is 1.01. The lowest BCUT2D eigenvalue weighted by Crippen LogP contribution is -2.13. The number of nitrogens with zero attached hydrogens (tertiary/aromatic N) is 2. The van der Waals surface area contributed by atoms with Gasteiger partial charge < -0.3 is 9.72 Å². The molecule has 0 aliphatic rings. The lowest BCUT2D eigenvalue weighted by Gasteiger charge is -2.10. The molecule has 0 unspecified atom stereocenters. The van der Waals surface area contributed by atoms with Gasteiger partial charge in [-0.3, -0.25) is 0 Å². The fourth-order valence-corrected chi connectivity index (χ4v) is 2.24. The van der Waals surface area contributed by atoms with E-state index in [2.05, 4.69) is 15.0 Å². The quantitative estimate of drug-likeness (QED) is 0.749. The Kier molecular flexibility index (Phi) is 3.39. The maximum atomic E-state index is 12.2. The first-order valence-electron chi connectivity index (χ1n) is 6.74. The van der Waals surface area contributed by atoms with E-state index in [1.807, 2.05) is 44.3 Å². The smallest absolute Gasteiger partial charge is 0.342 e. The molecular weight excluding hydrogens is 266 g/mol. The van der Waals surface area contributed by atoms with E-state index < -0.39 is 5.97 Å². The largest absolute Gasteiger partial charge is 0.459 e. The zero-order valence-corrected chi connectivity index (χ0v) is 11.8. The minimum absolute atomic E-state index is 0.187. The molecule has 0 aliphatic carbocycles. The van der Waals surface area contributed by atoms with Crippen molar-refractivity contribution in [1.29, 1.82) is 0 Å². The molecule has 3 aromatic rings. The number of para-hydroxylation sites is 1. The zero-order valence-electron chi connectivity index (χ0n) is 11.8. The van der Waals surface area contributed by atoms with Crippen LogP contribution >= 0.6 is 0 Å². The van der Waals surface area contributed by atoms with Crippen molar-refractivity contribution >= 4 is 16.9 Å². The highest BCUT2D eigenvalue weighted by molar-refractivity contribution is 6.02. The molecule has 1 N–H and O–H groups in total. The number of hydrogen-bond donors (Lipinski definition) is 1. The Morgan fingerprint density at radius 2 is 2.10 bits per heavy atom. The highest BCUT2D eigenvalue weighted by atomic mass is 16.5. The van der Waals surface area contributed by atoms with Crippen LogP contribution in [0, 0.1) is 0 Å². The van der Waals surface area contributed by atoms with Gasteiger partial charge in [-0.25, -0.2) is 14.8 Å². The van der Waals surface area contributed by atoms with Crippen LogP contribution in [0.3, 0.4) is 0 Å². The molecule has 21 heavy (non-hydrogen) atoms. The second-order valence-corrected chi connectivity index (χ2v) is 4.99. The summed E-state index contributed by atoms with van der Waals surface area (Å²) >= 11 is 0. The predicted octanol–water partition coefficient (Wildman–Crippen LogP) is 3.19. The number of benzene rings is 1. The van der Waals surface area contributed by atoms with E-state index in [1.165, 1.54) is 12.5 Å². The molecule has 2 heterocycles. The van der Waals surface area contributed by atoms with Crippen molar-refractivity contribution in [3.8, 4) is 11.3 Å². The Bertz CT molecular complexity index is 793. The van der Waals surface area contributed by atoms with E-state index in [4.69, 9.17) is 4.74 Å². The Morgan fingerprint density at radius 3 is 2.90 bits per heavy atom. The summed E-state index contributed by atoms with van der Waals surface area (Å²) in [6.45, 7) is 3.63. The van der Waals surface area contributed by atoms with Gasteiger partial charge in [0.25, 0.3) is 0 Å². The van der Waals surface area contributed by atoms with Crippen molar-refractivity contribution in [1.82, 2.24) is 15.0 Å². The molecule has 0 saturated heterocycles. The third-order valence-electron chi connectivity index (χ3n) is 3.12. The fourth-order valence-electron chi connectivity index (χ4n) is 2.24. The van der Waals surface area contributed by atoms with E-state index in [1.54, 1.807) is 0 Å². The van der Waals surface area contributed by atoms with Gasteiger partial charge >= 0.3 is 5.97 Å². The van der Waals surface area contributed by atoms with Crippen molar-refractivity contribution in [2.75, 3.05) is 0 Å². The van der Waals surface area contributed by atoms with E-state index in [9.17, 15) is 4.79 Å². The summed E-state index contributed by atoms with van der Waals surface area (Å²) in [4.78, 5) is 23.6. The van der Waals surface area contributed by atoms with E-state index in [-0.39, 0.29) is 6.10 Å². The maximum absolute atomic E-state index is 12.2. The summed E-state index contributed by atoms with van der Waals surface area (Å²) in [7, 11) is 0. The Hall–Kier alpha value is -2.69. The number of fused-ring (bicyclic) bond motifs is 1. The van der Waals surface area contributed by atoms with Gasteiger partial charge in [-0.05, 0) is 19.9 Å². The van der Waals surface area contributed by atoms with Gasteiger partial charge in [0, 0.05) is 28.9 Å². The van der Waals surface area contributed by atoms with Crippen molar-refractivity contribution in [2.45, 2.75) is 20.0 Å². The van der Waals surface area contributed by atoms with Crippen LogP contribution in [-0.4, -0.2) is 27.0 Å². The zero-order chi connectivity index (χ0) is 14.8. The molecule has 0 saturated carbocycles. The number of carbonyl (C=O) groups excluding carboxylic acids is 1. The third-order valence-corrected chi connectivity index (χ3v) is 3.12. The standard InChI is InChI=1S/C16H15N3O2/c1-10(2)21-16(20)13-7-17-9-19-15(13)12-8-18-14-6-4-3-5-11(12)14/h3-10,18H,1-2H3. The van der Waals surface area contributed by atoms with Gasteiger partial charge in [0.1, 0.15) is 11.9 Å². The first kappa shape index (κ1) is 13.3. The highest BCUT2D eigenvalue weighted by Crippen LogP contribution is 2.29. The normalized spacial score (nSPS) is 11.0. The number of aromatic amines is 1. The topological polar surface area (TPSA) is 67.9 Å². The number of rotatable bonds is 3. The van der Waals surface area contributed by atoms with E-state index in [0.29, 0.717) is 11.3 Å². The van der Waals surface area contributed by atoms with Crippen molar-refractivity contribution in [3.63, 3.8) is 0 Å². The first-order valence-corrected chi connectivity index (χ1v) is 6.74. The molecule has 5 heteroatoms. The number of nitrogens with one attached hydrogen (secondary N) is 1. The van der Waals surface area contributed by atoms with Crippen LogP contribution in [0.5, 0.6) is 0 Å². The van der Waals surface area contributed by atoms with Crippen molar-refractivity contribution in [2.24, 2.45) is 0 Å². The van der Waals surface area contributed by atoms with E-state index in [0.717, 1.165) is 16.5 Å². The number of aromatic nitrogens is 3. The maximum Gasteiger partial charge on any atom is 0.342 e. The Labute approximate surface area is 122 Å². The molecule has 1 aromatic carbocycles. The molecule has 0 spiro atoms. The molecule has 3 rings (SSSR count). The second-order valence-electron chi connectivity index (χ2n) is 4.99. The minimum Gasteiger partial charge on any atom is -0.459 e. The van der Waals surface area contributed by atoms with Crippen LogP contribution in [0.2, 0.25) is 0 Å². The highest BCUT2D eigenvalue weighted by Gasteiger charge is 2.19. The molecule has 0 fully saturated rings. The number of hydrogen-bond acceptors (Lipinski definition) is 4. The molecule has 5 nitrogen and oxygen atoms in total. The summed E-state index contributed by atoms with van der Waals surface area (Å²) in [5.41, 5.74) is 2.81. The summed E-state index contributed by atoms with van der Waals surface area (Å²) < 4.78 is 5.26. The van der Waals surface area contributed by atoms with Gasteiger partial charge in [-0.15, -0.1) is 0 Å². The lowest BCUT2D eigenvalue weighted by atomic mass is 10.1.